The predicted molar refractivity (Wildman–Crippen MR) is 122 cm³/mol. The number of carbonyl (C=O) groups is 1. The van der Waals surface area contributed by atoms with E-state index in [0.29, 0.717) is 11.5 Å². The molecule has 0 aliphatic rings. The molecule has 0 spiro atoms. The van der Waals surface area contributed by atoms with E-state index < -0.39 is 0 Å². The monoisotopic (exact) mass is 469 g/mol. The zero-order valence-corrected chi connectivity index (χ0v) is 19.0. The van der Waals surface area contributed by atoms with Crippen LogP contribution in [0, 0.1) is 20.8 Å². The molecule has 1 amide bonds. The number of nitrogens with one attached hydrogen (secondary N) is 1. The Balaban J connectivity index is 1.69. The molecular weight excluding hydrogens is 446 g/mol. The van der Waals surface area contributed by atoms with Crippen molar-refractivity contribution in [2.75, 3.05) is 13.7 Å². The van der Waals surface area contributed by atoms with Crippen LogP contribution in [-0.4, -0.2) is 30.4 Å². The smallest absolute Gasteiger partial charge is 0.277 e. The van der Waals surface area contributed by atoms with Gasteiger partial charge in [-0.2, -0.15) is 5.10 Å². The third kappa shape index (κ3) is 4.74. The molecule has 0 aliphatic carbocycles. The quantitative estimate of drug-likeness (QED) is 0.402. The summed E-state index contributed by atoms with van der Waals surface area (Å²) in [5.41, 5.74) is 7.76. The Labute approximate surface area is 184 Å². The standard InChI is InChI=1S/C23H24BrN3O3/c1-15-8-7-9-18(12-15)27-16(2)19(23(24)17(27)3)13-25-26-22(28)14-30-21-11-6-5-10-20(21)29-4/h5-13H,14H2,1-4H3,(H,26,28)/b25-13-. The molecule has 0 bridgehead atoms. The summed E-state index contributed by atoms with van der Waals surface area (Å²) < 4.78 is 13.8. The molecule has 0 saturated heterocycles. The summed E-state index contributed by atoms with van der Waals surface area (Å²) in [7, 11) is 1.55. The molecule has 0 aliphatic heterocycles. The number of benzene rings is 2. The van der Waals surface area contributed by atoms with E-state index in [4.69, 9.17) is 9.47 Å². The number of hydrogen-bond acceptors (Lipinski definition) is 4. The van der Waals surface area contributed by atoms with Crippen LogP contribution in [-0.2, 0) is 4.79 Å². The van der Waals surface area contributed by atoms with Gasteiger partial charge in [0.25, 0.3) is 5.91 Å². The van der Waals surface area contributed by atoms with Crippen molar-refractivity contribution in [3.8, 4) is 17.2 Å². The number of aromatic nitrogens is 1. The zero-order valence-electron chi connectivity index (χ0n) is 17.4. The van der Waals surface area contributed by atoms with Crippen LogP contribution in [0.25, 0.3) is 5.69 Å². The molecule has 2 aromatic carbocycles. The highest BCUT2D eigenvalue weighted by atomic mass is 79.9. The van der Waals surface area contributed by atoms with Gasteiger partial charge >= 0.3 is 0 Å². The number of nitrogens with zero attached hydrogens (tertiary/aromatic N) is 2. The van der Waals surface area contributed by atoms with Crippen LogP contribution in [0.2, 0.25) is 0 Å². The second-order valence-corrected chi connectivity index (χ2v) is 7.60. The summed E-state index contributed by atoms with van der Waals surface area (Å²) in [6.45, 7) is 5.96. The molecule has 1 N–H and O–H groups in total. The third-order valence-corrected chi connectivity index (χ3v) is 5.69. The molecular formula is C23H24BrN3O3. The molecule has 0 fully saturated rings. The van der Waals surface area contributed by atoms with E-state index in [1.807, 2.05) is 32.0 Å². The highest BCUT2D eigenvalue weighted by molar-refractivity contribution is 9.10. The van der Waals surface area contributed by atoms with E-state index in [1.54, 1.807) is 25.5 Å². The van der Waals surface area contributed by atoms with Gasteiger partial charge in [0.1, 0.15) is 0 Å². The number of ether oxygens (including phenoxy) is 2. The lowest BCUT2D eigenvalue weighted by atomic mass is 10.2. The van der Waals surface area contributed by atoms with Gasteiger partial charge < -0.3 is 14.0 Å². The second kappa shape index (κ2) is 9.63. The van der Waals surface area contributed by atoms with Crippen LogP contribution in [0.1, 0.15) is 22.5 Å². The van der Waals surface area contributed by atoms with Crippen LogP contribution >= 0.6 is 15.9 Å². The van der Waals surface area contributed by atoms with Crippen molar-refractivity contribution in [1.29, 1.82) is 0 Å². The first-order valence-electron chi connectivity index (χ1n) is 9.44. The normalized spacial score (nSPS) is 11.0. The van der Waals surface area contributed by atoms with Crippen molar-refractivity contribution in [3.05, 3.63) is 75.5 Å². The van der Waals surface area contributed by atoms with Crippen LogP contribution in [0.4, 0.5) is 0 Å². The predicted octanol–water partition coefficient (Wildman–Crippen LogP) is 4.70. The van der Waals surface area contributed by atoms with Crippen LogP contribution < -0.4 is 14.9 Å². The van der Waals surface area contributed by atoms with Gasteiger partial charge in [-0.25, -0.2) is 5.43 Å². The number of amides is 1. The molecule has 6 nitrogen and oxygen atoms in total. The Kier molecular flexibility index (Phi) is 6.95. The largest absolute Gasteiger partial charge is 0.493 e. The number of carbonyl (C=O) groups excluding carboxylic acids is 1. The first kappa shape index (κ1) is 21.6. The maximum atomic E-state index is 12.1. The maximum absolute atomic E-state index is 12.1. The molecule has 0 unspecified atom stereocenters. The van der Waals surface area contributed by atoms with Gasteiger partial charge in [0, 0.05) is 27.1 Å². The minimum absolute atomic E-state index is 0.165. The molecule has 1 aromatic heterocycles. The van der Waals surface area contributed by atoms with Crippen molar-refractivity contribution in [2.45, 2.75) is 20.8 Å². The fourth-order valence-electron chi connectivity index (χ4n) is 3.21. The lowest BCUT2D eigenvalue weighted by Gasteiger charge is -2.10. The molecule has 0 atom stereocenters. The van der Waals surface area contributed by atoms with Gasteiger partial charge in [-0.1, -0.05) is 24.3 Å². The number of methoxy groups -OCH3 is 1. The molecule has 0 radical (unpaired) electrons. The Bertz CT molecular complexity index is 1090. The summed E-state index contributed by atoms with van der Waals surface area (Å²) in [5, 5.41) is 4.10. The number of hydrazone groups is 1. The Morgan fingerprint density at radius 3 is 2.53 bits per heavy atom. The van der Waals surface area contributed by atoms with Crippen LogP contribution in [0.3, 0.4) is 0 Å². The Morgan fingerprint density at radius 2 is 1.83 bits per heavy atom. The van der Waals surface area contributed by atoms with Gasteiger partial charge in [0.2, 0.25) is 0 Å². The lowest BCUT2D eigenvalue weighted by Crippen LogP contribution is -2.24. The van der Waals surface area contributed by atoms with Gasteiger partial charge in [0.05, 0.1) is 13.3 Å². The minimum Gasteiger partial charge on any atom is -0.493 e. The second-order valence-electron chi connectivity index (χ2n) is 6.81. The summed E-state index contributed by atoms with van der Waals surface area (Å²) in [6, 6.07) is 15.5. The third-order valence-electron chi connectivity index (χ3n) is 4.69. The van der Waals surface area contributed by atoms with Crippen molar-refractivity contribution in [1.82, 2.24) is 9.99 Å². The van der Waals surface area contributed by atoms with Gasteiger partial charge in [-0.05, 0) is 66.5 Å². The highest BCUT2D eigenvalue weighted by Crippen LogP contribution is 2.29. The molecule has 3 rings (SSSR count). The minimum atomic E-state index is -0.360. The molecule has 1 heterocycles. The van der Waals surface area contributed by atoms with Crippen LogP contribution in [0.5, 0.6) is 11.5 Å². The lowest BCUT2D eigenvalue weighted by molar-refractivity contribution is -0.123. The Morgan fingerprint density at radius 1 is 1.10 bits per heavy atom. The summed E-state index contributed by atoms with van der Waals surface area (Å²) in [5.74, 6) is 0.714. The van der Waals surface area contributed by atoms with Gasteiger partial charge in [0.15, 0.2) is 18.1 Å². The van der Waals surface area contributed by atoms with Crippen LogP contribution in [0.15, 0.2) is 58.1 Å². The molecule has 156 valence electrons. The van der Waals surface area contributed by atoms with E-state index in [-0.39, 0.29) is 12.5 Å². The van der Waals surface area contributed by atoms with E-state index in [2.05, 4.69) is 56.1 Å². The molecule has 7 heteroatoms. The molecule has 30 heavy (non-hydrogen) atoms. The molecule has 0 saturated carbocycles. The highest BCUT2D eigenvalue weighted by Gasteiger charge is 2.16. The first-order valence-corrected chi connectivity index (χ1v) is 10.2. The zero-order chi connectivity index (χ0) is 21.7. The van der Waals surface area contributed by atoms with Crippen molar-refractivity contribution >= 4 is 28.1 Å². The number of hydrogen-bond donors (Lipinski definition) is 1. The number of rotatable bonds is 7. The van der Waals surface area contributed by atoms with Gasteiger partial charge in [-0.3, -0.25) is 4.79 Å². The van der Waals surface area contributed by atoms with E-state index in [1.165, 1.54) is 5.56 Å². The number of aryl methyl sites for hydroxylation is 1. The Hall–Kier alpha value is -3.06. The van der Waals surface area contributed by atoms with Crippen molar-refractivity contribution in [3.63, 3.8) is 0 Å². The fraction of sp³-hybridized carbons (Fsp3) is 0.217. The maximum Gasteiger partial charge on any atom is 0.277 e. The molecule has 3 aromatic rings. The number of para-hydroxylation sites is 2. The topological polar surface area (TPSA) is 64.8 Å². The summed E-state index contributed by atoms with van der Waals surface area (Å²) in [4.78, 5) is 12.1. The summed E-state index contributed by atoms with van der Waals surface area (Å²) in [6.07, 6.45) is 1.64. The van der Waals surface area contributed by atoms with Gasteiger partial charge in [-0.15, -0.1) is 0 Å². The van der Waals surface area contributed by atoms with Crippen molar-refractivity contribution < 1.29 is 14.3 Å². The summed E-state index contributed by atoms with van der Waals surface area (Å²) >= 11 is 3.65. The van der Waals surface area contributed by atoms with E-state index >= 15 is 0 Å². The fourth-order valence-corrected chi connectivity index (χ4v) is 3.78. The van der Waals surface area contributed by atoms with E-state index in [0.717, 1.165) is 27.1 Å². The SMILES string of the molecule is COc1ccccc1OCC(=O)N/N=C\c1c(Br)c(C)n(-c2cccc(C)c2)c1C. The van der Waals surface area contributed by atoms with E-state index in [9.17, 15) is 4.79 Å². The number of halogens is 1. The average molecular weight is 470 g/mol. The van der Waals surface area contributed by atoms with Crippen molar-refractivity contribution in [2.24, 2.45) is 5.10 Å². The average Bonchev–Trinajstić information content (AvgIpc) is 2.95. The first-order chi connectivity index (χ1) is 14.4.